The Morgan fingerprint density at radius 2 is 0.386 bits per heavy atom. The molecule has 0 N–H and O–H groups in total. The zero-order valence-electron chi connectivity index (χ0n) is 40.1. The number of esters is 1. The minimum Gasteiger partial charge on any atom is -0.466 e. The molecule has 0 amide bonds. The second-order valence-electron chi connectivity index (χ2n) is 18.9. The van der Waals surface area contributed by atoms with Crippen LogP contribution in [0.25, 0.3) is 0 Å². The van der Waals surface area contributed by atoms with Crippen molar-refractivity contribution in [2.24, 2.45) is 0 Å². The number of ether oxygens (including phenoxy) is 1. The molecule has 0 aliphatic carbocycles. The lowest BCUT2D eigenvalue weighted by molar-refractivity contribution is -0.143. The third-order valence-electron chi connectivity index (χ3n) is 13.0. The number of carbonyl (C=O) groups is 1. The van der Waals surface area contributed by atoms with Crippen molar-refractivity contribution in [2.75, 3.05) is 6.61 Å². The minimum absolute atomic E-state index is 0.0356. The van der Waals surface area contributed by atoms with E-state index in [2.05, 4.69) is 13.8 Å². The third kappa shape index (κ3) is 53.5. The van der Waals surface area contributed by atoms with E-state index in [0.29, 0.717) is 13.0 Å². The molecule has 0 aromatic carbocycles. The average Bonchev–Trinajstić information content (AvgIpc) is 3.22. The maximum absolute atomic E-state index is 12.1. The first kappa shape index (κ1) is 56.5. The lowest BCUT2D eigenvalue weighted by Crippen LogP contribution is -2.05. The Labute approximate surface area is 362 Å². The fourth-order valence-corrected chi connectivity index (χ4v) is 8.91. The summed E-state index contributed by atoms with van der Waals surface area (Å²) in [6.45, 7) is 5.25. The van der Waals surface area contributed by atoms with Crippen LogP contribution < -0.4 is 0 Å². The SMILES string of the molecule is CCCCCCCCCCCCCCCCCCCCCCCCCCCCC(=O)OCCCCCCCCCCCCCCCCCCCCCCCCCC. The van der Waals surface area contributed by atoms with E-state index in [4.69, 9.17) is 4.74 Å². The summed E-state index contributed by atoms with van der Waals surface area (Å²) >= 11 is 0. The molecule has 0 heterocycles. The molecule has 2 nitrogen and oxygen atoms in total. The molecular weight excluding hydrogens is 693 g/mol. The maximum Gasteiger partial charge on any atom is 0.305 e. The first-order valence-corrected chi connectivity index (χ1v) is 27.5. The van der Waals surface area contributed by atoms with E-state index in [0.717, 1.165) is 12.8 Å². The van der Waals surface area contributed by atoms with E-state index < -0.39 is 0 Å². The fraction of sp³-hybridized carbons (Fsp3) is 0.982. The van der Waals surface area contributed by atoms with Crippen molar-refractivity contribution < 1.29 is 9.53 Å². The highest BCUT2D eigenvalue weighted by molar-refractivity contribution is 5.69. The molecule has 2 heteroatoms. The van der Waals surface area contributed by atoms with E-state index in [1.54, 1.807) is 0 Å². The standard InChI is InChI=1S/C55H110O2/c1-3-5-7-9-11-13-15-17-19-21-23-25-27-29-30-31-33-35-37-39-41-43-45-47-49-51-53-55(56)57-54-52-50-48-46-44-42-40-38-36-34-32-28-26-24-22-20-18-16-14-12-10-8-6-4-2/h3-54H2,1-2H3. The Morgan fingerprint density at radius 1 is 0.228 bits per heavy atom. The predicted molar refractivity (Wildman–Crippen MR) is 258 cm³/mol. The van der Waals surface area contributed by atoms with Crippen molar-refractivity contribution in [1.82, 2.24) is 0 Å². The number of hydrogen-bond acceptors (Lipinski definition) is 2. The highest BCUT2D eigenvalue weighted by Crippen LogP contribution is 2.18. The van der Waals surface area contributed by atoms with Crippen LogP contribution >= 0.6 is 0 Å². The van der Waals surface area contributed by atoms with E-state index in [9.17, 15) is 4.79 Å². The van der Waals surface area contributed by atoms with Gasteiger partial charge in [0.05, 0.1) is 6.61 Å². The monoisotopic (exact) mass is 803 g/mol. The molecule has 0 aliphatic rings. The summed E-state index contributed by atoms with van der Waals surface area (Å²) in [5.41, 5.74) is 0. The Balaban J connectivity index is 3.14. The van der Waals surface area contributed by atoms with E-state index in [-0.39, 0.29) is 5.97 Å². The molecule has 0 saturated heterocycles. The van der Waals surface area contributed by atoms with Crippen LogP contribution in [0.2, 0.25) is 0 Å². The molecule has 0 aliphatic heterocycles. The van der Waals surface area contributed by atoms with E-state index >= 15 is 0 Å². The van der Waals surface area contributed by atoms with Crippen molar-refractivity contribution in [3.63, 3.8) is 0 Å². The summed E-state index contributed by atoms with van der Waals surface area (Å²) in [5.74, 6) is 0.0356. The van der Waals surface area contributed by atoms with Gasteiger partial charge >= 0.3 is 5.97 Å². The van der Waals surface area contributed by atoms with Gasteiger partial charge < -0.3 is 4.74 Å². The van der Waals surface area contributed by atoms with Gasteiger partial charge in [-0.3, -0.25) is 4.79 Å². The van der Waals surface area contributed by atoms with Gasteiger partial charge in [0.25, 0.3) is 0 Å². The van der Waals surface area contributed by atoms with Crippen molar-refractivity contribution >= 4 is 5.97 Å². The molecule has 0 bridgehead atoms. The smallest absolute Gasteiger partial charge is 0.305 e. The van der Waals surface area contributed by atoms with Gasteiger partial charge in [-0.15, -0.1) is 0 Å². The average molecular weight is 803 g/mol. The number of carbonyl (C=O) groups excluding carboxylic acids is 1. The molecule has 0 radical (unpaired) electrons. The van der Waals surface area contributed by atoms with Gasteiger partial charge in [0.15, 0.2) is 0 Å². The second kappa shape index (κ2) is 53.5. The molecular formula is C55H110O2. The van der Waals surface area contributed by atoms with Crippen LogP contribution in [0, 0.1) is 0 Å². The van der Waals surface area contributed by atoms with Crippen LogP contribution in [-0.2, 0) is 9.53 Å². The second-order valence-corrected chi connectivity index (χ2v) is 18.9. The molecule has 342 valence electrons. The molecule has 0 unspecified atom stereocenters. The fourth-order valence-electron chi connectivity index (χ4n) is 8.91. The highest BCUT2D eigenvalue weighted by atomic mass is 16.5. The summed E-state index contributed by atoms with van der Waals surface area (Å²) in [4.78, 5) is 12.1. The summed E-state index contributed by atoms with van der Waals surface area (Å²) in [7, 11) is 0. The Hall–Kier alpha value is -0.530. The summed E-state index contributed by atoms with van der Waals surface area (Å²) in [6.07, 6.45) is 71.3. The number of hydrogen-bond donors (Lipinski definition) is 0. The first-order chi connectivity index (χ1) is 28.3. The van der Waals surface area contributed by atoms with E-state index in [1.807, 2.05) is 0 Å². The Bertz CT molecular complexity index is 703. The molecule has 57 heavy (non-hydrogen) atoms. The van der Waals surface area contributed by atoms with Gasteiger partial charge in [-0.05, 0) is 12.8 Å². The topological polar surface area (TPSA) is 26.3 Å². The highest BCUT2D eigenvalue weighted by Gasteiger charge is 2.03. The first-order valence-electron chi connectivity index (χ1n) is 27.5. The van der Waals surface area contributed by atoms with E-state index in [1.165, 1.54) is 308 Å². The molecule has 0 saturated carbocycles. The summed E-state index contributed by atoms with van der Waals surface area (Å²) < 4.78 is 5.51. The predicted octanol–water partition coefficient (Wildman–Crippen LogP) is 20.5. The van der Waals surface area contributed by atoms with Gasteiger partial charge in [-0.1, -0.05) is 322 Å². The van der Waals surface area contributed by atoms with Crippen LogP contribution in [0.15, 0.2) is 0 Å². The van der Waals surface area contributed by atoms with Gasteiger partial charge in [0, 0.05) is 6.42 Å². The number of rotatable bonds is 52. The quantitative estimate of drug-likeness (QED) is 0.0452. The normalized spacial score (nSPS) is 11.5. The van der Waals surface area contributed by atoms with Gasteiger partial charge in [-0.25, -0.2) is 0 Å². The zero-order valence-corrected chi connectivity index (χ0v) is 40.1. The molecule has 0 aromatic rings. The molecule has 0 rings (SSSR count). The minimum atomic E-state index is 0.0356. The van der Waals surface area contributed by atoms with Crippen molar-refractivity contribution in [3.05, 3.63) is 0 Å². The Morgan fingerprint density at radius 3 is 0.579 bits per heavy atom. The van der Waals surface area contributed by atoms with Crippen molar-refractivity contribution in [1.29, 1.82) is 0 Å². The molecule has 0 aromatic heterocycles. The molecule has 0 atom stereocenters. The molecule has 0 spiro atoms. The summed E-state index contributed by atoms with van der Waals surface area (Å²) in [6, 6.07) is 0. The molecule has 0 fully saturated rings. The Kier molecular flexibility index (Phi) is 53.0. The third-order valence-corrected chi connectivity index (χ3v) is 13.0. The van der Waals surface area contributed by atoms with Crippen LogP contribution in [-0.4, -0.2) is 12.6 Å². The lowest BCUT2D eigenvalue weighted by atomic mass is 10.0. The van der Waals surface area contributed by atoms with Crippen LogP contribution in [0.3, 0.4) is 0 Å². The van der Waals surface area contributed by atoms with Gasteiger partial charge in [0.2, 0.25) is 0 Å². The van der Waals surface area contributed by atoms with Gasteiger partial charge in [0.1, 0.15) is 0 Å². The van der Waals surface area contributed by atoms with Crippen molar-refractivity contribution in [3.8, 4) is 0 Å². The van der Waals surface area contributed by atoms with Crippen LogP contribution in [0.5, 0.6) is 0 Å². The largest absolute Gasteiger partial charge is 0.466 e. The van der Waals surface area contributed by atoms with Crippen LogP contribution in [0.4, 0.5) is 0 Å². The lowest BCUT2D eigenvalue weighted by Gasteiger charge is -2.06. The zero-order chi connectivity index (χ0) is 41.1. The van der Waals surface area contributed by atoms with Gasteiger partial charge in [-0.2, -0.15) is 0 Å². The summed E-state index contributed by atoms with van der Waals surface area (Å²) in [5, 5.41) is 0. The van der Waals surface area contributed by atoms with Crippen LogP contribution in [0.1, 0.15) is 341 Å². The van der Waals surface area contributed by atoms with Crippen molar-refractivity contribution in [2.45, 2.75) is 341 Å². The maximum atomic E-state index is 12.1. The number of unbranched alkanes of at least 4 members (excludes halogenated alkanes) is 48.